The highest BCUT2D eigenvalue weighted by atomic mass is 15.2. The molecule has 0 amide bonds. The van der Waals surface area contributed by atoms with Crippen LogP contribution >= 0.6 is 0 Å². The summed E-state index contributed by atoms with van der Waals surface area (Å²) < 4.78 is 0. The first-order valence-corrected chi connectivity index (χ1v) is 6.69. The fraction of sp³-hybridized carbons (Fsp3) is 1.00. The summed E-state index contributed by atoms with van der Waals surface area (Å²) in [5.41, 5.74) is 6.20. The van der Waals surface area contributed by atoms with Gasteiger partial charge in [0, 0.05) is 18.6 Å². The summed E-state index contributed by atoms with van der Waals surface area (Å²) in [5, 5.41) is 0. The van der Waals surface area contributed by atoms with Crippen LogP contribution in [0, 0.1) is 5.92 Å². The van der Waals surface area contributed by atoms with Gasteiger partial charge in [-0.1, -0.05) is 20.3 Å². The van der Waals surface area contributed by atoms with Crippen molar-refractivity contribution in [2.45, 2.75) is 45.2 Å². The number of piperidine rings is 1. The molecule has 0 saturated carbocycles. The predicted octanol–water partition coefficient (Wildman–Crippen LogP) is 1.39. The molecular formula is C13H29N3. The molecule has 0 spiro atoms. The van der Waals surface area contributed by atoms with Crippen molar-refractivity contribution in [2.75, 3.05) is 33.7 Å². The van der Waals surface area contributed by atoms with Crippen LogP contribution in [0.2, 0.25) is 0 Å². The molecule has 0 aliphatic carbocycles. The molecule has 0 aromatic carbocycles. The maximum Gasteiger partial charge on any atom is 0.0193 e. The molecule has 1 aliphatic rings. The van der Waals surface area contributed by atoms with Crippen molar-refractivity contribution in [2.24, 2.45) is 11.7 Å². The Morgan fingerprint density at radius 3 is 2.31 bits per heavy atom. The van der Waals surface area contributed by atoms with Crippen molar-refractivity contribution in [3.8, 4) is 0 Å². The van der Waals surface area contributed by atoms with E-state index in [1.165, 1.54) is 32.4 Å². The SMILES string of the molecule is CCC(C)C(N)CN1CCC(N(C)C)CC1. The smallest absolute Gasteiger partial charge is 0.0193 e. The van der Waals surface area contributed by atoms with Crippen LogP contribution in [0.25, 0.3) is 0 Å². The molecule has 1 heterocycles. The van der Waals surface area contributed by atoms with Crippen LogP contribution < -0.4 is 5.73 Å². The van der Waals surface area contributed by atoms with E-state index in [0.717, 1.165) is 12.6 Å². The molecule has 3 nitrogen and oxygen atoms in total. The highest BCUT2D eigenvalue weighted by Gasteiger charge is 2.22. The van der Waals surface area contributed by atoms with E-state index in [2.05, 4.69) is 37.7 Å². The lowest BCUT2D eigenvalue weighted by molar-refractivity contribution is 0.133. The van der Waals surface area contributed by atoms with Crippen LogP contribution in [0.4, 0.5) is 0 Å². The van der Waals surface area contributed by atoms with Gasteiger partial charge in [0.25, 0.3) is 0 Å². The minimum Gasteiger partial charge on any atom is -0.326 e. The molecule has 96 valence electrons. The minimum absolute atomic E-state index is 0.348. The molecule has 0 aromatic rings. The molecule has 0 aromatic heterocycles. The van der Waals surface area contributed by atoms with Gasteiger partial charge in [-0.15, -0.1) is 0 Å². The highest BCUT2D eigenvalue weighted by molar-refractivity contribution is 4.80. The molecule has 2 N–H and O–H groups in total. The van der Waals surface area contributed by atoms with Crippen molar-refractivity contribution in [1.29, 1.82) is 0 Å². The van der Waals surface area contributed by atoms with E-state index in [-0.39, 0.29) is 0 Å². The summed E-state index contributed by atoms with van der Waals surface area (Å²) >= 11 is 0. The van der Waals surface area contributed by atoms with Crippen LogP contribution in [0.3, 0.4) is 0 Å². The van der Waals surface area contributed by atoms with Crippen LogP contribution in [0.1, 0.15) is 33.1 Å². The second-order valence-electron chi connectivity index (χ2n) is 5.54. The quantitative estimate of drug-likeness (QED) is 0.770. The van der Waals surface area contributed by atoms with E-state index in [4.69, 9.17) is 5.73 Å². The Bertz CT molecular complexity index is 186. The summed E-state index contributed by atoms with van der Waals surface area (Å²) in [6.45, 7) is 8.00. The second-order valence-corrected chi connectivity index (χ2v) is 5.54. The fourth-order valence-corrected chi connectivity index (χ4v) is 2.40. The van der Waals surface area contributed by atoms with E-state index < -0.39 is 0 Å². The maximum absolute atomic E-state index is 6.20. The van der Waals surface area contributed by atoms with Gasteiger partial charge < -0.3 is 15.5 Å². The van der Waals surface area contributed by atoms with Gasteiger partial charge in [0.2, 0.25) is 0 Å². The topological polar surface area (TPSA) is 32.5 Å². The normalized spacial score (nSPS) is 23.6. The molecule has 1 saturated heterocycles. The summed E-state index contributed by atoms with van der Waals surface area (Å²) in [4.78, 5) is 4.89. The lowest BCUT2D eigenvalue weighted by atomic mass is 9.97. The number of likely N-dealkylation sites (tertiary alicyclic amines) is 1. The highest BCUT2D eigenvalue weighted by Crippen LogP contribution is 2.15. The standard InChI is InChI=1S/C13H29N3/c1-5-11(2)13(14)10-16-8-6-12(7-9-16)15(3)4/h11-13H,5-10,14H2,1-4H3. The number of hydrogen-bond acceptors (Lipinski definition) is 3. The molecule has 1 fully saturated rings. The molecule has 0 radical (unpaired) electrons. The zero-order valence-electron chi connectivity index (χ0n) is 11.4. The second kappa shape index (κ2) is 6.58. The van der Waals surface area contributed by atoms with Crippen LogP contribution in [-0.2, 0) is 0 Å². The Morgan fingerprint density at radius 1 is 1.31 bits per heavy atom. The summed E-state index contributed by atoms with van der Waals surface area (Å²) in [6, 6.07) is 1.12. The zero-order valence-corrected chi connectivity index (χ0v) is 11.4. The Morgan fingerprint density at radius 2 is 1.88 bits per heavy atom. The fourth-order valence-electron chi connectivity index (χ4n) is 2.40. The molecule has 1 aliphatic heterocycles. The maximum atomic E-state index is 6.20. The van der Waals surface area contributed by atoms with Gasteiger partial charge in [-0.3, -0.25) is 0 Å². The average molecular weight is 227 g/mol. The third-order valence-corrected chi connectivity index (χ3v) is 4.13. The van der Waals surface area contributed by atoms with Crippen molar-refractivity contribution in [3.05, 3.63) is 0 Å². The lowest BCUT2D eigenvalue weighted by Crippen LogP contribution is -2.47. The van der Waals surface area contributed by atoms with Gasteiger partial charge in [-0.25, -0.2) is 0 Å². The third-order valence-electron chi connectivity index (χ3n) is 4.13. The van der Waals surface area contributed by atoms with Crippen molar-refractivity contribution >= 4 is 0 Å². The Balaban J connectivity index is 2.26. The minimum atomic E-state index is 0.348. The summed E-state index contributed by atoms with van der Waals surface area (Å²) in [5.74, 6) is 0.645. The third kappa shape index (κ3) is 4.04. The van der Waals surface area contributed by atoms with Gasteiger partial charge in [-0.05, 0) is 45.9 Å². The van der Waals surface area contributed by atoms with Gasteiger partial charge in [0.1, 0.15) is 0 Å². The predicted molar refractivity (Wildman–Crippen MR) is 70.6 cm³/mol. The average Bonchev–Trinajstić information content (AvgIpc) is 2.28. The van der Waals surface area contributed by atoms with E-state index in [1.807, 2.05) is 0 Å². The molecule has 1 rings (SSSR count). The molecule has 2 atom stereocenters. The number of nitrogens with zero attached hydrogens (tertiary/aromatic N) is 2. The first-order valence-electron chi connectivity index (χ1n) is 6.69. The summed E-state index contributed by atoms with van der Waals surface area (Å²) in [7, 11) is 4.37. The van der Waals surface area contributed by atoms with Crippen LogP contribution in [0.5, 0.6) is 0 Å². The van der Waals surface area contributed by atoms with Crippen molar-refractivity contribution < 1.29 is 0 Å². The lowest BCUT2D eigenvalue weighted by Gasteiger charge is -2.37. The number of rotatable bonds is 5. The summed E-state index contributed by atoms with van der Waals surface area (Å²) in [6.07, 6.45) is 3.77. The van der Waals surface area contributed by atoms with E-state index in [1.54, 1.807) is 0 Å². The van der Waals surface area contributed by atoms with E-state index in [9.17, 15) is 0 Å². The van der Waals surface area contributed by atoms with E-state index in [0.29, 0.717) is 12.0 Å². The van der Waals surface area contributed by atoms with Crippen molar-refractivity contribution in [3.63, 3.8) is 0 Å². The van der Waals surface area contributed by atoms with Gasteiger partial charge in [-0.2, -0.15) is 0 Å². The Kier molecular flexibility index (Phi) is 5.73. The molecular weight excluding hydrogens is 198 g/mol. The Labute approximate surface area is 101 Å². The van der Waals surface area contributed by atoms with Crippen molar-refractivity contribution in [1.82, 2.24) is 9.80 Å². The van der Waals surface area contributed by atoms with Gasteiger partial charge in [0.15, 0.2) is 0 Å². The Hall–Kier alpha value is -0.120. The first-order chi connectivity index (χ1) is 7.54. The monoisotopic (exact) mass is 227 g/mol. The first kappa shape index (κ1) is 13.9. The van der Waals surface area contributed by atoms with Gasteiger partial charge >= 0.3 is 0 Å². The largest absolute Gasteiger partial charge is 0.326 e. The molecule has 2 unspecified atom stereocenters. The number of hydrogen-bond donors (Lipinski definition) is 1. The molecule has 3 heteroatoms. The van der Waals surface area contributed by atoms with Crippen LogP contribution in [-0.4, -0.2) is 55.6 Å². The molecule has 0 bridgehead atoms. The van der Waals surface area contributed by atoms with Gasteiger partial charge in [0.05, 0.1) is 0 Å². The molecule has 16 heavy (non-hydrogen) atoms. The van der Waals surface area contributed by atoms with Crippen LogP contribution in [0.15, 0.2) is 0 Å². The van der Waals surface area contributed by atoms with E-state index >= 15 is 0 Å². The zero-order chi connectivity index (χ0) is 12.1. The number of nitrogens with two attached hydrogens (primary N) is 1.